The number of fused-ring (bicyclic) bond motifs is 1. The summed E-state index contributed by atoms with van der Waals surface area (Å²) >= 11 is 0. The van der Waals surface area contributed by atoms with Gasteiger partial charge in [-0.3, -0.25) is 4.90 Å². The van der Waals surface area contributed by atoms with Gasteiger partial charge < -0.3 is 17.3 Å². The number of para-hydroxylation sites is 1. The number of azo groups is 2. The monoisotopic (exact) mass is 357 g/mol. The van der Waals surface area contributed by atoms with Crippen molar-refractivity contribution in [1.29, 1.82) is 0 Å². The first-order valence-corrected chi connectivity index (χ1v) is 8.41. The fraction of sp³-hybridized carbons (Fsp3) is 0.529. The summed E-state index contributed by atoms with van der Waals surface area (Å²) < 4.78 is 41.1. The zero-order valence-corrected chi connectivity index (χ0v) is 14.8. The van der Waals surface area contributed by atoms with Crippen LogP contribution < -0.4 is 0 Å². The Labute approximate surface area is 146 Å². The molecule has 0 saturated carbocycles. The van der Waals surface area contributed by atoms with Gasteiger partial charge in [0.2, 0.25) is 5.69 Å². The van der Waals surface area contributed by atoms with Gasteiger partial charge >= 0.3 is 7.25 Å². The molecule has 3 rings (SSSR count). The molecule has 0 saturated heterocycles. The Morgan fingerprint density at radius 1 is 1.16 bits per heavy atom. The highest BCUT2D eigenvalue weighted by atomic mass is 19.5. The molecule has 138 valence electrons. The Hall–Kier alpha value is -1.86. The van der Waals surface area contributed by atoms with Crippen molar-refractivity contribution in [3.8, 4) is 0 Å². The van der Waals surface area contributed by atoms with Crippen molar-refractivity contribution in [3.05, 3.63) is 42.2 Å². The summed E-state index contributed by atoms with van der Waals surface area (Å²) in [6, 6.07) is 11.1. The zero-order valence-electron chi connectivity index (χ0n) is 14.8. The molecule has 25 heavy (non-hydrogen) atoms. The highest BCUT2D eigenvalue weighted by molar-refractivity contribution is 6.50. The van der Waals surface area contributed by atoms with Gasteiger partial charge in [0.25, 0.3) is 6.67 Å². The Bertz CT molecular complexity index is 630. The van der Waals surface area contributed by atoms with Crippen LogP contribution in [0.5, 0.6) is 0 Å². The minimum absolute atomic E-state index is 0.368. The molecule has 1 aromatic rings. The lowest BCUT2D eigenvalue weighted by Gasteiger charge is -2.33. The van der Waals surface area contributed by atoms with Crippen LogP contribution in [0, 0.1) is 5.41 Å². The van der Waals surface area contributed by atoms with Crippen molar-refractivity contribution in [2.75, 3.05) is 6.67 Å². The van der Waals surface area contributed by atoms with E-state index in [1.807, 2.05) is 0 Å². The Morgan fingerprint density at radius 3 is 2.32 bits per heavy atom. The lowest BCUT2D eigenvalue weighted by atomic mass is 9.85. The Morgan fingerprint density at radius 2 is 1.76 bits per heavy atom. The van der Waals surface area contributed by atoms with E-state index >= 15 is 0 Å². The van der Waals surface area contributed by atoms with E-state index in [1.165, 1.54) is 18.5 Å². The summed E-state index contributed by atoms with van der Waals surface area (Å²) in [4.78, 5) is 2.47. The summed E-state index contributed by atoms with van der Waals surface area (Å²) in [5.41, 5.74) is 1.55. The molecule has 2 aliphatic heterocycles. The average Bonchev–Trinajstić information content (AvgIpc) is 2.90. The minimum Gasteiger partial charge on any atom is -0.418 e. The fourth-order valence-corrected chi connectivity index (χ4v) is 3.11. The first-order chi connectivity index (χ1) is 11.5. The maximum Gasteiger partial charge on any atom is 0.673 e. The van der Waals surface area contributed by atoms with Crippen LogP contribution in [0.3, 0.4) is 0 Å². The van der Waals surface area contributed by atoms with Gasteiger partial charge in [-0.15, -0.1) is 0 Å². The molecule has 0 fully saturated rings. The van der Waals surface area contributed by atoms with Gasteiger partial charge in [0, 0.05) is 23.3 Å². The van der Waals surface area contributed by atoms with Gasteiger partial charge in [-0.25, -0.2) is 0 Å². The van der Waals surface area contributed by atoms with Crippen molar-refractivity contribution in [2.24, 2.45) is 10.5 Å². The molecule has 2 heterocycles. The molecule has 8 heteroatoms. The maximum atomic E-state index is 9.75. The van der Waals surface area contributed by atoms with E-state index in [0.29, 0.717) is 11.5 Å². The van der Waals surface area contributed by atoms with E-state index in [-0.39, 0.29) is 0 Å². The Kier molecular flexibility index (Phi) is 5.90. The first kappa shape index (κ1) is 19.5. The van der Waals surface area contributed by atoms with Gasteiger partial charge in [0.05, 0.1) is 0 Å². The normalized spacial score (nSPS) is 20.3. The average molecular weight is 357 g/mol. The van der Waals surface area contributed by atoms with Crippen LogP contribution >= 0.6 is 0 Å². The third-order valence-corrected chi connectivity index (χ3v) is 3.97. The van der Waals surface area contributed by atoms with E-state index in [0.717, 1.165) is 18.9 Å². The summed E-state index contributed by atoms with van der Waals surface area (Å²) in [6.07, 6.45) is 5.90. The predicted molar refractivity (Wildman–Crippen MR) is 90.9 cm³/mol. The van der Waals surface area contributed by atoms with Gasteiger partial charge in [-0.1, -0.05) is 43.7 Å². The molecule has 0 aromatic heterocycles. The highest BCUT2D eigenvalue weighted by Gasteiger charge is 2.37. The molecule has 0 N–H and O–H groups in total. The number of rotatable bonds is 2. The zero-order chi connectivity index (χ0) is 18.7. The second-order valence-corrected chi connectivity index (χ2v) is 7.50. The molecule has 1 aromatic carbocycles. The van der Waals surface area contributed by atoms with Gasteiger partial charge in [0.15, 0.2) is 5.82 Å². The topological polar surface area (TPSA) is 18.6 Å². The number of allylic oxidation sites excluding steroid dienone is 1. The van der Waals surface area contributed by atoms with E-state index in [2.05, 4.69) is 66.8 Å². The molecule has 1 atom stereocenters. The molecule has 0 bridgehead atoms. The molecular weight excluding hydrogens is 333 g/mol. The summed E-state index contributed by atoms with van der Waals surface area (Å²) in [6.45, 7) is 7.87. The number of hydrogen-bond donors (Lipinski definition) is 0. The third-order valence-electron chi connectivity index (χ3n) is 3.97. The first-order valence-electron chi connectivity index (χ1n) is 8.41. The van der Waals surface area contributed by atoms with Crippen LogP contribution in [0.4, 0.5) is 23.0 Å². The molecule has 2 aliphatic rings. The van der Waals surface area contributed by atoms with E-state index in [9.17, 15) is 17.3 Å². The highest BCUT2D eigenvalue weighted by Crippen LogP contribution is 2.35. The minimum atomic E-state index is -6.00. The second-order valence-electron chi connectivity index (χ2n) is 7.50. The largest absolute Gasteiger partial charge is 0.673 e. The smallest absolute Gasteiger partial charge is 0.418 e. The van der Waals surface area contributed by atoms with Gasteiger partial charge in [0.1, 0.15) is 0 Å². The van der Waals surface area contributed by atoms with Crippen molar-refractivity contribution >= 4 is 12.9 Å². The van der Waals surface area contributed by atoms with Gasteiger partial charge in [-0.05, 0) is 30.8 Å². The maximum absolute atomic E-state index is 9.75. The molecule has 0 unspecified atom stereocenters. The number of nitrogens with zero attached hydrogens (tertiary/aromatic N) is 3. The second kappa shape index (κ2) is 7.58. The van der Waals surface area contributed by atoms with Crippen LogP contribution in [0.2, 0.25) is 0 Å². The van der Waals surface area contributed by atoms with Crippen LogP contribution in [-0.4, -0.2) is 29.6 Å². The quantitative estimate of drug-likeness (QED) is 0.372. The van der Waals surface area contributed by atoms with Crippen molar-refractivity contribution < 1.29 is 22.0 Å². The molecular formula is C17H24BF4N3. The number of benzene rings is 1. The van der Waals surface area contributed by atoms with Crippen LogP contribution in [-0.2, 0) is 0 Å². The molecule has 0 spiro atoms. The van der Waals surface area contributed by atoms with Crippen molar-refractivity contribution in [3.63, 3.8) is 0 Å². The third kappa shape index (κ3) is 6.51. The molecule has 0 aliphatic carbocycles. The van der Waals surface area contributed by atoms with Gasteiger partial charge in [-0.2, -0.15) is 0 Å². The predicted octanol–water partition coefficient (Wildman–Crippen LogP) is 5.80. The number of halogens is 4. The van der Waals surface area contributed by atoms with E-state index < -0.39 is 7.25 Å². The van der Waals surface area contributed by atoms with Crippen molar-refractivity contribution in [1.82, 2.24) is 4.90 Å². The summed E-state index contributed by atoms with van der Waals surface area (Å²) in [5, 5.41) is 4.78. The van der Waals surface area contributed by atoms with Crippen LogP contribution in [0.25, 0.3) is 0 Å². The molecule has 3 nitrogen and oxygen atoms in total. The summed E-state index contributed by atoms with van der Waals surface area (Å²) in [5.74, 6) is 1.16. The molecule has 0 amide bonds. The lowest BCUT2D eigenvalue weighted by Crippen LogP contribution is -2.38. The van der Waals surface area contributed by atoms with E-state index in [4.69, 9.17) is 5.11 Å². The van der Waals surface area contributed by atoms with E-state index in [1.54, 1.807) is 0 Å². The Balaban J connectivity index is 0.000000399. The number of hydrogen-bond acceptors (Lipinski definition) is 2. The summed E-state index contributed by atoms with van der Waals surface area (Å²) in [7, 11) is -6.00. The lowest BCUT2D eigenvalue weighted by molar-refractivity contribution is -0.511. The van der Waals surface area contributed by atoms with Crippen LogP contribution in [0.15, 0.2) is 47.3 Å². The van der Waals surface area contributed by atoms with Crippen molar-refractivity contribution in [2.45, 2.75) is 46.1 Å². The SMILES string of the molecule is CC(C)(C)C[C@H]1CCC=C2N=[N+](c3ccccc3)CN21.F[B-](F)(F)F. The molecule has 0 radical (unpaired) electrons. The standard InChI is InChI=1S/C17H24N3.BF4/c1-17(2,3)12-15-10-7-11-16-18-20(13-19(15)16)14-8-5-4-6-9-14;2-1(3,4)5/h4-6,8-9,11,15H,7,10,12-13H2,1-3H3;/q+1;-1/t15-;/m1./s1. The van der Waals surface area contributed by atoms with Crippen LogP contribution in [0.1, 0.15) is 40.0 Å². The fourth-order valence-electron chi connectivity index (χ4n) is 3.11.